The average molecular weight is 416 g/mol. The highest BCUT2D eigenvalue weighted by Crippen LogP contribution is 2.27. The number of amides is 1. The van der Waals surface area contributed by atoms with Crippen molar-refractivity contribution in [3.8, 4) is 11.3 Å². The van der Waals surface area contributed by atoms with E-state index in [9.17, 15) is 13.2 Å². The Morgan fingerprint density at radius 3 is 2.46 bits per heavy atom. The highest BCUT2D eigenvalue weighted by Gasteiger charge is 2.13. The summed E-state index contributed by atoms with van der Waals surface area (Å²) in [6.07, 6.45) is 1.46. The van der Waals surface area contributed by atoms with Crippen LogP contribution in [0, 0.1) is 6.92 Å². The molecule has 8 heteroatoms. The first-order valence-corrected chi connectivity index (χ1v) is 11.3. The predicted molar refractivity (Wildman–Crippen MR) is 114 cm³/mol. The normalized spacial score (nSPS) is 11.2. The fourth-order valence-electron chi connectivity index (χ4n) is 2.64. The van der Waals surface area contributed by atoms with Gasteiger partial charge in [-0.3, -0.25) is 9.10 Å². The van der Waals surface area contributed by atoms with Crippen LogP contribution in [0.25, 0.3) is 11.3 Å². The highest BCUT2D eigenvalue weighted by molar-refractivity contribution is 7.92. The number of rotatable bonds is 6. The predicted octanol–water partition coefficient (Wildman–Crippen LogP) is 3.70. The molecule has 0 bridgehead atoms. The molecule has 0 radical (unpaired) electrons. The first kappa shape index (κ1) is 20.0. The van der Waals surface area contributed by atoms with E-state index in [0.29, 0.717) is 17.2 Å². The van der Waals surface area contributed by atoms with Gasteiger partial charge in [0.15, 0.2) is 5.13 Å². The van der Waals surface area contributed by atoms with Crippen molar-refractivity contribution in [2.24, 2.45) is 0 Å². The second-order valence-corrected chi connectivity index (χ2v) is 9.34. The number of thiazole rings is 1. The van der Waals surface area contributed by atoms with Crippen molar-refractivity contribution < 1.29 is 13.2 Å². The van der Waals surface area contributed by atoms with Crippen LogP contribution in [0.5, 0.6) is 0 Å². The molecule has 1 aromatic heterocycles. The molecule has 2 aromatic carbocycles. The number of sulfonamides is 1. The number of hydrogen-bond donors (Lipinski definition) is 1. The smallest absolute Gasteiger partial charge is 0.231 e. The number of aryl methyl sites for hydroxylation is 1. The van der Waals surface area contributed by atoms with Crippen LogP contribution in [-0.2, 0) is 21.2 Å². The molecule has 3 aromatic rings. The molecule has 0 aliphatic rings. The number of nitrogens with zero attached hydrogens (tertiary/aromatic N) is 2. The van der Waals surface area contributed by atoms with Crippen molar-refractivity contribution in [1.29, 1.82) is 0 Å². The lowest BCUT2D eigenvalue weighted by atomic mass is 10.1. The molecule has 0 saturated heterocycles. The van der Waals surface area contributed by atoms with Gasteiger partial charge < -0.3 is 5.32 Å². The molecule has 28 heavy (non-hydrogen) atoms. The van der Waals surface area contributed by atoms with Gasteiger partial charge in [-0.15, -0.1) is 11.3 Å². The minimum absolute atomic E-state index is 0.111. The number of benzene rings is 2. The molecule has 0 saturated carbocycles. The Morgan fingerprint density at radius 2 is 1.82 bits per heavy atom. The van der Waals surface area contributed by atoms with Gasteiger partial charge in [0, 0.05) is 18.0 Å². The second-order valence-electron chi connectivity index (χ2n) is 6.47. The van der Waals surface area contributed by atoms with Crippen LogP contribution in [0.15, 0.2) is 53.9 Å². The Balaban J connectivity index is 1.68. The van der Waals surface area contributed by atoms with Gasteiger partial charge >= 0.3 is 0 Å². The number of carbonyl (C=O) groups is 1. The van der Waals surface area contributed by atoms with E-state index in [1.54, 1.807) is 12.1 Å². The van der Waals surface area contributed by atoms with E-state index in [-0.39, 0.29) is 5.91 Å². The van der Waals surface area contributed by atoms with Crippen LogP contribution in [-0.4, -0.2) is 32.6 Å². The Morgan fingerprint density at radius 1 is 1.14 bits per heavy atom. The summed E-state index contributed by atoms with van der Waals surface area (Å²) in [6, 6.07) is 14.9. The molecule has 146 valence electrons. The maximum Gasteiger partial charge on any atom is 0.231 e. The molecule has 0 aliphatic heterocycles. The van der Waals surface area contributed by atoms with Crippen LogP contribution < -0.4 is 9.62 Å². The molecule has 6 nitrogen and oxygen atoms in total. The zero-order chi connectivity index (χ0) is 20.3. The first-order valence-electron chi connectivity index (χ1n) is 8.58. The average Bonchev–Trinajstić information content (AvgIpc) is 3.11. The number of aromatic nitrogens is 1. The van der Waals surface area contributed by atoms with Gasteiger partial charge in [0.2, 0.25) is 15.9 Å². The standard InChI is InChI=1S/C20H21N3O3S2/c1-14-6-4-5-7-16(14)12-19(24)22-20-21-18(13-27-20)15-8-10-17(11-9-15)23(2)28(3,25)26/h4-11,13H,12H2,1-3H3,(H,21,22,24). The fraction of sp³-hybridized carbons (Fsp3) is 0.200. The molecule has 1 N–H and O–H groups in total. The molecule has 0 unspecified atom stereocenters. The van der Waals surface area contributed by atoms with Crippen LogP contribution >= 0.6 is 11.3 Å². The maximum absolute atomic E-state index is 12.3. The minimum atomic E-state index is -3.30. The largest absolute Gasteiger partial charge is 0.302 e. The summed E-state index contributed by atoms with van der Waals surface area (Å²) >= 11 is 1.35. The summed E-state index contributed by atoms with van der Waals surface area (Å²) in [7, 11) is -1.79. The quantitative estimate of drug-likeness (QED) is 0.666. The zero-order valence-corrected chi connectivity index (χ0v) is 17.5. The lowest BCUT2D eigenvalue weighted by Crippen LogP contribution is -2.24. The van der Waals surface area contributed by atoms with E-state index in [0.717, 1.165) is 28.6 Å². The van der Waals surface area contributed by atoms with E-state index >= 15 is 0 Å². The van der Waals surface area contributed by atoms with Crippen molar-refractivity contribution in [2.45, 2.75) is 13.3 Å². The summed E-state index contributed by atoms with van der Waals surface area (Å²) in [5.74, 6) is -0.111. The fourth-order valence-corrected chi connectivity index (χ4v) is 3.88. The first-order chi connectivity index (χ1) is 13.2. The van der Waals surface area contributed by atoms with E-state index in [1.807, 2.05) is 48.7 Å². The van der Waals surface area contributed by atoms with Crippen LogP contribution in [0.3, 0.4) is 0 Å². The van der Waals surface area contributed by atoms with Gasteiger partial charge in [-0.25, -0.2) is 13.4 Å². The summed E-state index contributed by atoms with van der Waals surface area (Å²) in [6.45, 7) is 1.98. The minimum Gasteiger partial charge on any atom is -0.302 e. The van der Waals surface area contributed by atoms with Gasteiger partial charge in [-0.1, -0.05) is 36.4 Å². The highest BCUT2D eigenvalue weighted by atomic mass is 32.2. The Kier molecular flexibility index (Phi) is 5.81. The molecule has 0 atom stereocenters. The molecule has 3 rings (SSSR count). The third kappa shape index (κ3) is 4.76. The van der Waals surface area contributed by atoms with E-state index in [2.05, 4.69) is 10.3 Å². The Bertz CT molecular complexity index is 1090. The zero-order valence-electron chi connectivity index (χ0n) is 15.8. The molecule has 1 amide bonds. The lowest BCUT2D eigenvalue weighted by molar-refractivity contribution is -0.115. The number of carbonyl (C=O) groups excluding carboxylic acids is 1. The van der Waals surface area contributed by atoms with Gasteiger partial charge in [0.25, 0.3) is 0 Å². The van der Waals surface area contributed by atoms with Crippen molar-refractivity contribution in [3.63, 3.8) is 0 Å². The number of anilines is 2. The van der Waals surface area contributed by atoms with Crippen LogP contribution in [0.1, 0.15) is 11.1 Å². The van der Waals surface area contributed by atoms with Crippen molar-refractivity contribution in [1.82, 2.24) is 4.98 Å². The molecule has 0 spiro atoms. The number of hydrogen-bond acceptors (Lipinski definition) is 5. The summed E-state index contributed by atoms with van der Waals surface area (Å²) < 4.78 is 24.5. The van der Waals surface area contributed by atoms with E-state index in [4.69, 9.17) is 0 Å². The van der Waals surface area contributed by atoms with Gasteiger partial charge in [-0.2, -0.15) is 0 Å². The second kappa shape index (κ2) is 8.12. The Labute approximate surface area is 168 Å². The monoisotopic (exact) mass is 415 g/mol. The van der Waals surface area contributed by atoms with Crippen LogP contribution in [0.2, 0.25) is 0 Å². The molecule has 1 heterocycles. The summed E-state index contributed by atoms with van der Waals surface area (Å²) in [5.41, 5.74) is 4.22. The maximum atomic E-state index is 12.3. The van der Waals surface area contributed by atoms with Crippen molar-refractivity contribution in [2.75, 3.05) is 22.9 Å². The third-order valence-corrected chi connectivity index (χ3v) is 6.35. The SMILES string of the molecule is Cc1ccccc1CC(=O)Nc1nc(-c2ccc(N(C)S(C)(=O)=O)cc2)cs1. The third-order valence-electron chi connectivity index (χ3n) is 4.39. The molecular weight excluding hydrogens is 394 g/mol. The van der Waals surface area contributed by atoms with Gasteiger partial charge in [-0.05, 0) is 30.2 Å². The van der Waals surface area contributed by atoms with E-state index in [1.165, 1.54) is 22.7 Å². The summed E-state index contributed by atoms with van der Waals surface area (Å²) in [4.78, 5) is 16.7. The van der Waals surface area contributed by atoms with Crippen LogP contribution in [0.4, 0.5) is 10.8 Å². The lowest BCUT2D eigenvalue weighted by Gasteiger charge is -2.16. The summed E-state index contributed by atoms with van der Waals surface area (Å²) in [5, 5.41) is 5.23. The molecular formula is C20H21N3O3S2. The van der Waals surface area contributed by atoms with Gasteiger partial charge in [0.1, 0.15) is 0 Å². The Hall–Kier alpha value is -2.71. The number of nitrogens with one attached hydrogen (secondary N) is 1. The van der Waals surface area contributed by atoms with Crippen molar-refractivity contribution >= 4 is 38.1 Å². The van der Waals surface area contributed by atoms with Gasteiger partial charge in [0.05, 0.1) is 24.1 Å². The topological polar surface area (TPSA) is 79.4 Å². The van der Waals surface area contributed by atoms with E-state index < -0.39 is 10.0 Å². The van der Waals surface area contributed by atoms with Crippen molar-refractivity contribution in [3.05, 3.63) is 65.0 Å². The molecule has 0 fully saturated rings. The molecule has 0 aliphatic carbocycles.